The number of nitrogens with two attached hydrogens (primary N) is 1. The first kappa shape index (κ1) is 20.0. The molecule has 1 aromatic rings. The van der Waals surface area contributed by atoms with Gasteiger partial charge in [-0.15, -0.1) is 0 Å². The molecule has 0 unspecified atom stereocenters. The van der Waals surface area contributed by atoms with Crippen molar-refractivity contribution in [2.24, 2.45) is 5.73 Å². The van der Waals surface area contributed by atoms with Crippen molar-refractivity contribution < 1.29 is 9.63 Å². The summed E-state index contributed by atoms with van der Waals surface area (Å²) in [5.74, 6) is 0. The fraction of sp³-hybridized carbons (Fsp3) is 0.611. The van der Waals surface area contributed by atoms with Crippen LogP contribution in [0, 0.1) is 0 Å². The van der Waals surface area contributed by atoms with Gasteiger partial charge in [-0.3, -0.25) is 4.84 Å². The zero-order chi connectivity index (χ0) is 18.2. The highest BCUT2D eigenvalue weighted by Crippen LogP contribution is 2.21. The lowest BCUT2D eigenvalue weighted by Crippen LogP contribution is -2.50. The lowest BCUT2D eigenvalue weighted by Gasteiger charge is -2.38. The summed E-state index contributed by atoms with van der Waals surface area (Å²) >= 11 is 6.07. The number of carbonyl (C=O) groups is 1. The van der Waals surface area contributed by atoms with E-state index >= 15 is 0 Å². The third-order valence-corrected chi connectivity index (χ3v) is 4.83. The van der Waals surface area contributed by atoms with E-state index in [9.17, 15) is 4.79 Å². The first-order chi connectivity index (χ1) is 12.0. The van der Waals surface area contributed by atoms with Gasteiger partial charge in [0.1, 0.15) is 0 Å². The van der Waals surface area contributed by atoms with Crippen molar-refractivity contribution >= 4 is 17.6 Å². The third kappa shape index (κ3) is 6.47. The number of likely N-dealkylation sites (tertiary alicyclic amines) is 1. The molecule has 0 radical (unpaired) electrons. The zero-order valence-electron chi connectivity index (χ0n) is 15.1. The molecular weight excluding hydrogens is 340 g/mol. The van der Waals surface area contributed by atoms with Crippen LogP contribution in [0.5, 0.6) is 0 Å². The molecule has 2 rings (SSSR count). The minimum atomic E-state index is -0.212. The van der Waals surface area contributed by atoms with Crippen molar-refractivity contribution in [2.45, 2.75) is 44.8 Å². The average Bonchev–Trinajstić information content (AvgIpc) is 2.58. The average molecular weight is 369 g/mol. The number of piperidine rings is 1. The molecule has 2 amide bonds. The van der Waals surface area contributed by atoms with Crippen LogP contribution in [0.15, 0.2) is 24.3 Å². The number of carbonyl (C=O) groups excluding carboxylic acids is 1. The Balaban J connectivity index is 1.98. The predicted octanol–water partition coefficient (Wildman–Crippen LogP) is 2.61. The van der Waals surface area contributed by atoms with Crippen LogP contribution in [-0.4, -0.2) is 54.7 Å². The number of amides is 2. The quantitative estimate of drug-likeness (QED) is 0.726. The van der Waals surface area contributed by atoms with Gasteiger partial charge in [0, 0.05) is 36.7 Å². The second-order valence-corrected chi connectivity index (χ2v) is 7.14. The summed E-state index contributed by atoms with van der Waals surface area (Å²) in [6.07, 6.45) is 2.88. The number of hydrogen-bond donors (Lipinski definition) is 2. The van der Waals surface area contributed by atoms with Crippen molar-refractivity contribution in [1.82, 2.24) is 15.3 Å². The number of hydrogen-bond acceptors (Lipinski definition) is 4. The lowest BCUT2D eigenvalue weighted by molar-refractivity contribution is 0.0621. The Hall–Kier alpha value is -1.34. The number of benzene rings is 1. The molecule has 1 heterocycles. The van der Waals surface area contributed by atoms with Crippen LogP contribution in [0.4, 0.5) is 4.79 Å². The molecule has 25 heavy (non-hydrogen) atoms. The largest absolute Gasteiger partial charge is 0.341 e. The summed E-state index contributed by atoms with van der Waals surface area (Å²) < 4.78 is 0. The van der Waals surface area contributed by atoms with E-state index in [1.165, 1.54) is 7.11 Å². The molecule has 3 N–H and O–H groups in total. The molecule has 140 valence electrons. The lowest BCUT2D eigenvalue weighted by atomic mass is 10.0. The second-order valence-electron chi connectivity index (χ2n) is 6.71. The topological polar surface area (TPSA) is 70.8 Å². The Morgan fingerprint density at radius 3 is 2.80 bits per heavy atom. The Morgan fingerprint density at radius 1 is 1.48 bits per heavy atom. The molecule has 1 atom stereocenters. The molecule has 0 aliphatic carbocycles. The molecular formula is C18H29ClN4O2. The van der Waals surface area contributed by atoms with Crippen LogP contribution < -0.4 is 11.2 Å². The van der Waals surface area contributed by atoms with Gasteiger partial charge in [-0.25, -0.2) is 10.3 Å². The molecule has 0 spiro atoms. The van der Waals surface area contributed by atoms with Gasteiger partial charge < -0.3 is 15.5 Å². The van der Waals surface area contributed by atoms with Crippen LogP contribution in [0.3, 0.4) is 0 Å². The molecule has 0 bridgehead atoms. The molecule has 0 saturated carbocycles. The predicted molar refractivity (Wildman–Crippen MR) is 100 cm³/mol. The van der Waals surface area contributed by atoms with E-state index in [2.05, 4.69) is 10.4 Å². The Kier molecular flexibility index (Phi) is 7.96. The summed E-state index contributed by atoms with van der Waals surface area (Å²) in [5, 5.41) is 0.676. The molecule has 1 aromatic carbocycles. The second kappa shape index (κ2) is 9.97. The number of urea groups is 1. The number of rotatable bonds is 7. The fourth-order valence-corrected chi connectivity index (χ4v) is 3.40. The highest BCUT2D eigenvalue weighted by molar-refractivity contribution is 6.30. The number of nitrogens with zero attached hydrogens (tertiary/aromatic N) is 2. The molecule has 6 nitrogen and oxygen atoms in total. The van der Waals surface area contributed by atoms with E-state index in [1.807, 2.05) is 36.1 Å². The molecule has 1 aliphatic rings. The standard InChI is InChI=1S/C18H29ClN4O2/c1-14(20)6-9-22-10-7-17(8-11-22)23(18(24)21-25-2)13-15-4-3-5-16(19)12-15/h3-5,12,14,17H,6-11,13,20H2,1-2H3,(H,21,24)/t14-/m1/s1. The van der Waals surface area contributed by atoms with Crippen molar-refractivity contribution in [2.75, 3.05) is 26.7 Å². The first-order valence-electron chi connectivity index (χ1n) is 8.81. The molecule has 1 saturated heterocycles. The fourth-order valence-electron chi connectivity index (χ4n) is 3.19. The van der Waals surface area contributed by atoms with E-state index in [1.54, 1.807) is 0 Å². The summed E-state index contributed by atoms with van der Waals surface area (Å²) in [5.41, 5.74) is 9.31. The van der Waals surface area contributed by atoms with Crippen LogP contribution >= 0.6 is 11.6 Å². The van der Waals surface area contributed by atoms with Crippen LogP contribution in [0.1, 0.15) is 31.7 Å². The highest BCUT2D eigenvalue weighted by atomic mass is 35.5. The SMILES string of the molecule is CONC(=O)N(Cc1cccc(Cl)c1)C1CCN(CC[C@@H](C)N)CC1. The smallest absolute Gasteiger partial charge is 0.328 e. The van der Waals surface area contributed by atoms with Gasteiger partial charge in [-0.1, -0.05) is 23.7 Å². The summed E-state index contributed by atoms with van der Waals surface area (Å²) in [7, 11) is 1.45. The first-order valence-corrected chi connectivity index (χ1v) is 9.19. The molecule has 0 aromatic heterocycles. The van der Waals surface area contributed by atoms with Crippen LogP contribution in [-0.2, 0) is 11.4 Å². The van der Waals surface area contributed by atoms with Crippen molar-refractivity contribution in [3.63, 3.8) is 0 Å². The van der Waals surface area contributed by atoms with Crippen molar-refractivity contribution in [1.29, 1.82) is 0 Å². The van der Waals surface area contributed by atoms with E-state index in [0.717, 1.165) is 44.5 Å². The van der Waals surface area contributed by atoms with Gasteiger partial charge in [0.25, 0.3) is 0 Å². The molecule has 7 heteroatoms. The Bertz CT molecular complexity index is 548. The van der Waals surface area contributed by atoms with Gasteiger partial charge >= 0.3 is 6.03 Å². The van der Waals surface area contributed by atoms with Crippen molar-refractivity contribution in [3.8, 4) is 0 Å². The van der Waals surface area contributed by atoms with E-state index in [4.69, 9.17) is 22.2 Å². The molecule has 1 fully saturated rings. The minimum Gasteiger partial charge on any atom is -0.328 e. The Labute approximate surface area is 155 Å². The number of halogens is 1. The summed E-state index contributed by atoms with van der Waals surface area (Å²) in [6, 6.07) is 7.81. The van der Waals surface area contributed by atoms with Gasteiger partial charge in [0.15, 0.2) is 0 Å². The van der Waals surface area contributed by atoms with Gasteiger partial charge in [-0.2, -0.15) is 0 Å². The van der Waals surface area contributed by atoms with Crippen LogP contribution in [0.2, 0.25) is 5.02 Å². The normalized spacial score (nSPS) is 17.3. The van der Waals surface area contributed by atoms with Crippen LogP contribution in [0.25, 0.3) is 0 Å². The maximum atomic E-state index is 12.5. The number of hydroxylamine groups is 1. The van der Waals surface area contributed by atoms with Crippen molar-refractivity contribution in [3.05, 3.63) is 34.9 Å². The number of nitrogens with one attached hydrogen (secondary N) is 1. The van der Waals surface area contributed by atoms with Gasteiger partial charge in [0.2, 0.25) is 0 Å². The van der Waals surface area contributed by atoms with E-state index < -0.39 is 0 Å². The minimum absolute atomic E-state index is 0.181. The maximum absolute atomic E-state index is 12.5. The zero-order valence-corrected chi connectivity index (χ0v) is 15.8. The molecule has 1 aliphatic heterocycles. The van der Waals surface area contributed by atoms with E-state index in [0.29, 0.717) is 11.6 Å². The third-order valence-electron chi connectivity index (χ3n) is 4.59. The summed E-state index contributed by atoms with van der Waals surface area (Å²) in [4.78, 5) is 21.6. The van der Waals surface area contributed by atoms with E-state index in [-0.39, 0.29) is 18.1 Å². The Morgan fingerprint density at radius 2 is 2.20 bits per heavy atom. The summed E-state index contributed by atoms with van der Waals surface area (Å²) in [6.45, 7) is 5.52. The maximum Gasteiger partial charge on any atom is 0.341 e. The highest BCUT2D eigenvalue weighted by Gasteiger charge is 2.28. The van der Waals surface area contributed by atoms with Gasteiger partial charge in [-0.05, 0) is 50.4 Å². The van der Waals surface area contributed by atoms with Gasteiger partial charge in [0.05, 0.1) is 7.11 Å². The monoisotopic (exact) mass is 368 g/mol.